The molecular weight excluding hydrogens is 319 g/mol. The highest BCUT2D eigenvalue weighted by molar-refractivity contribution is 9.10. The molecule has 2 rings (SSSR count). The summed E-state index contributed by atoms with van der Waals surface area (Å²) in [6, 6.07) is 6.15. The zero-order chi connectivity index (χ0) is 13.1. The second-order valence-electron chi connectivity index (χ2n) is 3.74. The maximum atomic E-state index is 12.9. The molecule has 0 aromatic carbocycles. The molecule has 3 nitrogen and oxygen atoms in total. The number of halogens is 2. The summed E-state index contributed by atoms with van der Waals surface area (Å²) in [5, 5.41) is 1.95. The summed E-state index contributed by atoms with van der Waals surface area (Å²) in [6.07, 6.45) is 0. The highest BCUT2D eigenvalue weighted by Crippen LogP contribution is 2.21. The van der Waals surface area contributed by atoms with Crippen LogP contribution in [0.25, 0.3) is 0 Å². The van der Waals surface area contributed by atoms with E-state index in [-0.39, 0.29) is 11.6 Å². The van der Waals surface area contributed by atoms with Crippen molar-refractivity contribution < 1.29 is 9.18 Å². The van der Waals surface area contributed by atoms with Crippen molar-refractivity contribution in [3.8, 4) is 0 Å². The van der Waals surface area contributed by atoms with E-state index in [1.54, 1.807) is 18.4 Å². The van der Waals surface area contributed by atoms with Crippen molar-refractivity contribution in [1.82, 2.24) is 9.88 Å². The number of pyridine rings is 1. The Labute approximate surface area is 116 Å². The molecule has 0 aliphatic rings. The number of hydrogen-bond acceptors (Lipinski definition) is 3. The van der Waals surface area contributed by atoms with E-state index in [0.29, 0.717) is 6.54 Å². The average Bonchev–Trinajstić information content (AvgIpc) is 2.73. The molecule has 1 amide bonds. The lowest BCUT2D eigenvalue weighted by molar-refractivity contribution is 0.0779. The van der Waals surface area contributed by atoms with Crippen LogP contribution >= 0.6 is 27.3 Å². The second-order valence-corrected chi connectivity index (χ2v) is 5.65. The van der Waals surface area contributed by atoms with E-state index in [1.165, 1.54) is 23.1 Å². The molecule has 0 N–H and O–H groups in total. The fourth-order valence-corrected chi connectivity index (χ4v) is 2.97. The Hall–Kier alpha value is -1.27. The van der Waals surface area contributed by atoms with Gasteiger partial charge in [-0.15, -0.1) is 11.3 Å². The predicted octanol–water partition coefficient (Wildman–Crippen LogP) is 3.32. The summed E-state index contributed by atoms with van der Waals surface area (Å²) in [4.78, 5) is 18.1. The Morgan fingerprint density at radius 1 is 1.56 bits per heavy atom. The Morgan fingerprint density at radius 2 is 2.33 bits per heavy atom. The van der Waals surface area contributed by atoms with Crippen LogP contribution in [0.5, 0.6) is 0 Å². The summed E-state index contributed by atoms with van der Waals surface area (Å²) in [6.45, 7) is 0.479. The number of rotatable bonds is 3. The van der Waals surface area contributed by atoms with Gasteiger partial charge in [-0.2, -0.15) is 4.39 Å². The van der Waals surface area contributed by atoms with Crippen molar-refractivity contribution in [1.29, 1.82) is 0 Å². The summed E-state index contributed by atoms with van der Waals surface area (Å²) in [5.41, 5.74) is 0.119. The smallest absolute Gasteiger partial charge is 0.272 e. The molecule has 2 aromatic heterocycles. The third kappa shape index (κ3) is 3.14. The molecule has 0 radical (unpaired) electrons. The third-order valence-electron chi connectivity index (χ3n) is 2.30. The van der Waals surface area contributed by atoms with Gasteiger partial charge in [0.2, 0.25) is 5.95 Å². The lowest BCUT2D eigenvalue weighted by Crippen LogP contribution is -2.26. The maximum Gasteiger partial charge on any atom is 0.272 e. The Morgan fingerprint density at radius 3 is 2.94 bits per heavy atom. The largest absolute Gasteiger partial charge is 0.335 e. The van der Waals surface area contributed by atoms with Gasteiger partial charge in [-0.3, -0.25) is 4.79 Å². The Kier molecular flexibility index (Phi) is 4.08. The van der Waals surface area contributed by atoms with Gasteiger partial charge in [0.25, 0.3) is 5.91 Å². The second kappa shape index (κ2) is 5.58. The molecule has 0 saturated heterocycles. The Bertz CT molecular complexity index is 573. The van der Waals surface area contributed by atoms with Gasteiger partial charge in [-0.05, 0) is 34.1 Å². The first-order chi connectivity index (χ1) is 8.56. The summed E-state index contributed by atoms with van der Waals surface area (Å²) in [5.74, 6) is -0.938. The minimum atomic E-state index is -0.645. The zero-order valence-corrected chi connectivity index (χ0v) is 12.0. The van der Waals surface area contributed by atoms with Gasteiger partial charge in [0.15, 0.2) is 0 Å². The molecule has 0 bridgehead atoms. The van der Waals surface area contributed by atoms with Gasteiger partial charge >= 0.3 is 0 Å². The number of aromatic nitrogens is 1. The number of carbonyl (C=O) groups excluding carboxylic acids is 1. The Balaban J connectivity index is 2.09. The van der Waals surface area contributed by atoms with Crippen molar-refractivity contribution in [3.63, 3.8) is 0 Å². The first kappa shape index (κ1) is 13.2. The van der Waals surface area contributed by atoms with Crippen LogP contribution in [0.15, 0.2) is 34.1 Å². The quantitative estimate of drug-likeness (QED) is 0.810. The number of hydrogen-bond donors (Lipinski definition) is 0. The number of thiophene rings is 1. The normalized spacial score (nSPS) is 10.4. The summed E-state index contributed by atoms with van der Waals surface area (Å²) < 4.78 is 13.9. The zero-order valence-electron chi connectivity index (χ0n) is 9.56. The molecule has 0 spiro atoms. The molecule has 2 aromatic rings. The van der Waals surface area contributed by atoms with E-state index in [9.17, 15) is 9.18 Å². The van der Waals surface area contributed by atoms with Gasteiger partial charge in [0, 0.05) is 21.8 Å². The minimum absolute atomic E-state index is 0.119. The maximum absolute atomic E-state index is 12.9. The van der Waals surface area contributed by atoms with E-state index in [4.69, 9.17) is 0 Å². The topological polar surface area (TPSA) is 33.2 Å². The standard InChI is InChI=1S/C12H10BrFN2OS/c1-16(6-9-5-8(13)7-18-9)12(17)10-3-2-4-11(14)15-10/h2-5,7H,6H2,1H3. The van der Waals surface area contributed by atoms with Crippen molar-refractivity contribution in [2.75, 3.05) is 7.05 Å². The molecule has 94 valence electrons. The van der Waals surface area contributed by atoms with Crippen LogP contribution in [0, 0.1) is 5.95 Å². The van der Waals surface area contributed by atoms with Crippen molar-refractivity contribution in [2.45, 2.75) is 6.54 Å². The molecule has 2 heterocycles. The third-order valence-corrected chi connectivity index (χ3v) is 3.98. The van der Waals surface area contributed by atoms with Crippen LogP contribution in [0.2, 0.25) is 0 Å². The molecule has 0 fully saturated rings. The van der Waals surface area contributed by atoms with Crippen LogP contribution in [0.1, 0.15) is 15.4 Å². The summed E-state index contributed by atoms with van der Waals surface area (Å²) in [7, 11) is 1.67. The van der Waals surface area contributed by atoms with E-state index >= 15 is 0 Å². The molecule has 6 heteroatoms. The van der Waals surface area contributed by atoms with Crippen LogP contribution in [-0.4, -0.2) is 22.8 Å². The van der Waals surface area contributed by atoms with Gasteiger partial charge in [-0.1, -0.05) is 6.07 Å². The number of carbonyl (C=O) groups is 1. The lowest BCUT2D eigenvalue weighted by Gasteiger charge is -2.15. The van der Waals surface area contributed by atoms with Gasteiger partial charge in [0.05, 0.1) is 6.54 Å². The van der Waals surface area contributed by atoms with Crippen LogP contribution < -0.4 is 0 Å². The first-order valence-corrected chi connectivity index (χ1v) is 6.84. The number of nitrogens with zero attached hydrogens (tertiary/aromatic N) is 2. The SMILES string of the molecule is CN(Cc1cc(Br)cs1)C(=O)c1cccc(F)n1. The van der Waals surface area contributed by atoms with Crippen LogP contribution in [0.4, 0.5) is 4.39 Å². The monoisotopic (exact) mass is 328 g/mol. The molecule has 0 unspecified atom stereocenters. The molecule has 0 saturated carbocycles. The number of amides is 1. The average molecular weight is 329 g/mol. The highest BCUT2D eigenvalue weighted by atomic mass is 79.9. The first-order valence-electron chi connectivity index (χ1n) is 5.17. The fraction of sp³-hybridized carbons (Fsp3) is 0.167. The molecule has 0 atom stereocenters. The highest BCUT2D eigenvalue weighted by Gasteiger charge is 2.14. The van der Waals surface area contributed by atoms with Crippen molar-refractivity contribution in [2.24, 2.45) is 0 Å². The summed E-state index contributed by atoms with van der Waals surface area (Å²) >= 11 is 4.92. The van der Waals surface area contributed by atoms with E-state index in [0.717, 1.165) is 9.35 Å². The predicted molar refractivity (Wildman–Crippen MR) is 72.0 cm³/mol. The van der Waals surface area contributed by atoms with Gasteiger partial charge < -0.3 is 4.90 Å². The minimum Gasteiger partial charge on any atom is -0.335 e. The molecular formula is C12H10BrFN2OS. The van der Waals surface area contributed by atoms with Crippen molar-refractivity contribution in [3.05, 3.63) is 50.6 Å². The molecule has 18 heavy (non-hydrogen) atoms. The van der Waals surface area contributed by atoms with E-state index in [1.807, 2.05) is 11.4 Å². The van der Waals surface area contributed by atoms with E-state index in [2.05, 4.69) is 20.9 Å². The molecule has 0 aliphatic heterocycles. The van der Waals surface area contributed by atoms with Gasteiger partial charge in [0.1, 0.15) is 5.69 Å². The lowest BCUT2D eigenvalue weighted by atomic mass is 10.3. The van der Waals surface area contributed by atoms with Crippen LogP contribution in [-0.2, 0) is 6.54 Å². The van der Waals surface area contributed by atoms with Crippen LogP contribution in [0.3, 0.4) is 0 Å². The van der Waals surface area contributed by atoms with E-state index < -0.39 is 5.95 Å². The molecule has 0 aliphatic carbocycles. The van der Waals surface area contributed by atoms with Gasteiger partial charge in [-0.25, -0.2) is 4.98 Å². The fourth-order valence-electron chi connectivity index (χ4n) is 1.47. The van der Waals surface area contributed by atoms with Crippen molar-refractivity contribution >= 4 is 33.2 Å².